The Kier molecular flexibility index (Phi) is 5.10. The van der Waals surface area contributed by atoms with E-state index in [1.54, 1.807) is 12.1 Å². The van der Waals surface area contributed by atoms with Crippen LogP contribution < -0.4 is 16.8 Å². The first-order chi connectivity index (χ1) is 16.2. The summed E-state index contributed by atoms with van der Waals surface area (Å²) >= 11 is 0. The Labute approximate surface area is 189 Å². The molecule has 0 unspecified atom stereocenters. The number of imidazole rings is 1. The number of nitrogens with one attached hydrogen (secondary N) is 2. The SMILES string of the molecule is Cc1c(C(F)(F)F)c(=O)[nH]c2cc(CN3CCn4c(nc5cnc(C(=O)NN)cc54)C3)cnc12. The van der Waals surface area contributed by atoms with Gasteiger partial charge in [0.1, 0.15) is 22.6 Å². The molecule has 10 nitrogen and oxygen atoms in total. The fraction of sp³-hybridized carbons (Fsp3) is 0.286. The zero-order valence-corrected chi connectivity index (χ0v) is 17.9. The Morgan fingerprint density at radius 3 is 2.76 bits per heavy atom. The third kappa shape index (κ3) is 3.68. The summed E-state index contributed by atoms with van der Waals surface area (Å²) in [5, 5.41) is 0. The van der Waals surface area contributed by atoms with Gasteiger partial charge in [-0.3, -0.25) is 24.9 Å². The number of hydrogen-bond donors (Lipinski definition) is 3. The van der Waals surface area contributed by atoms with Crippen LogP contribution in [0.2, 0.25) is 0 Å². The van der Waals surface area contributed by atoms with Crippen LogP contribution >= 0.6 is 0 Å². The van der Waals surface area contributed by atoms with Crippen molar-refractivity contribution in [2.75, 3.05) is 6.54 Å². The number of pyridine rings is 3. The van der Waals surface area contributed by atoms with Crippen LogP contribution in [0.4, 0.5) is 13.2 Å². The van der Waals surface area contributed by atoms with Crippen molar-refractivity contribution in [3.63, 3.8) is 0 Å². The number of aryl methyl sites for hydroxylation is 1. The van der Waals surface area contributed by atoms with Crippen molar-refractivity contribution in [1.82, 2.24) is 34.8 Å². The van der Waals surface area contributed by atoms with Gasteiger partial charge in [0.2, 0.25) is 0 Å². The number of rotatable bonds is 3. The lowest BCUT2D eigenvalue weighted by Crippen LogP contribution is -2.33. The van der Waals surface area contributed by atoms with E-state index in [4.69, 9.17) is 5.84 Å². The number of hydrazine groups is 1. The molecule has 0 bridgehead atoms. The summed E-state index contributed by atoms with van der Waals surface area (Å²) in [5.74, 6) is 5.49. The number of nitrogens with two attached hydrogens (primary N) is 1. The second-order valence-corrected chi connectivity index (χ2v) is 8.11. The average Bonchev–Trinajstić information content (AvgIpc) is 3.14. The lowest BCUT2D eigenvalue weighted by Gasteiger charge is -2.27. The number of H-pyrrole nitrogens is 1. The largest absolute Gasteiger partial charge is 0.422 e. The Morgan fingerprint density at radius 1 is 1.24 bits per heavy atom. The van der Waals surface area contributed by atoms with Crippen LogP contribution in [0, 0.1) is 6.92 Å². The molecule has 1 aliphatic heterocycles. The Bertz CT molecular complexity index is 1510. The minimum atomic E-state index is -4.75. The van der Waals surface area contributed by atoms with Gasteiger partial charge >= 0.3 is 6.18 Å². The van der Waals surface area contributed by atoms with Gasteiger partial charge < -0.3 is 9.55 Å². The van der Waals surface area contributed by atoms with Crippen LogP contribution in [0.15, 0.2) is 29.3 Å². The van der Waals surface area contributed by atoms with Crippen molar-refractivity contribution in [3.8, 4) is 0 Å². The topological polar surface area (TPSA) is 135 Å². The Hall–Kier alpha value is -3.84. The standard InChI is InChI=1S/C21H19F3N8O2/c1-10-17(21(22,23)24)20(34)29-12-4-11(6-27-18(10)12)8-31-2-3-32-15-5-13(19(33)30-25)26-7-14(15)28-16(32)9-31/h4-7H,2-3,8-9,25H2,1H3,(H,29,34)(H,30,33). The summed E-state index contributed by atoms with van der Waals surface area (Å²) < 4.78 is 41.6. The van der Waals surface area contributed by atoms with Crippen LogP contribution in [0.25, 0.3) is 22.1 Å². The minimum Gasteiger partial charge on any atom is -0.325 e. The van der Waals surface area contributed by atoms with E-state index in [-0.39, 0.29) is 22.3 Å². The second-order valence-electron chi connectivity index (χ2n) is 8.11. The minimum absolute atomic E-state index is 0.112. The molecule has 0 fully saturated rings. The first-order valence-electron chi connectivity index (χ1n) is 10.3. The fourth-order valence-corrected chi connectivity index (χ4v) is 4.36. The molecule has 4 N–H and O–H groups in total. The molecule has 0 atom stereocenters. The summed E-state index contributed by atoms with van der Waals surface area (Å²) in [4.78, 5) is 41.1. The van der Waals surface area contributed by atoms with E-state index in [1.165, 1.54) is 19.3 Å². The molecule has 0 saturated heterocycles. The lowest BCUT2D eigenvalue weighted by atomic mass is 10.1. The maximum absolute atomic E-state index is 13.2. The summed E-state index contributed by atoms with van der Waals surface area (Å²) in [7, 11) is 0. The highest BCUT2D eigenvalue weighted by atomic mass is 19.4. The molecule has 0 saturated carbocycles. The zero-order chi connectivity index (χ0) is 24.2. The molecule has 1 amide bonds. The number of carbonyl (C=O) groups excluding carboxylic acids is 1. The summed E-state index contributed by atoms with van der Waals surface area (Å²) in [6.45, 7) is 3.51. The van der Waals surface area contributed by atoms with Crippen molar-refractivity contribution in [3.05, 3.63) is 63.1 Å². The summed E-state index contributed by atoms with van der Waals surface area (Å²) in [6.07, 6.45) is -1.71. The van der Waals surface area contributed by atoms with Crippen molar-refractivity contribution in [1.29, 1.82) is 0 Å². The van der Waals surface area contributed by atoms with E-state index in [2.05, 4.69) is 30.3 Å². The van der Waals surface area contributed by atoms with E-state index in [9.17, 15) is 22.8 Å². The Balaban J connectivity index is 1.41. The molecule has 0 aromatic carbocycles. The summed E-state index contributed by atoms with van der Waals surface area (Å²) in [6, 6.07) is 3.29. The molecule has 4 aromatic rings. The fourth-order valence-electron chi connectivity index (χ4n) is 4.36. The molecular weight excluding hydrogens is 453 g/mol. The van der Waals surface area contributed by atoms with Crippen molar-refractivity contribution in [2.45, 2.75) is 32.7 Å². The number of hydrogen-bond acceptors (Lipinski definition) is 7. The second kappa shape index (κ2) is 7.88. The quantitative estimate of drug-likeness (QED) is 0.234. The van der Waals surface area contributed by atoms with E-state index in [0.717, 1.165) is 16.9 Å². The number of nitrogen functional groups attached to an aromatic ring is 1. The van der Waals surface area contributed by atoms with Gasteiger partial charge in [-0.25, -0.2) is 15.8 Å². The number of halogens is 3. The first-order valence-corrected chi connectivity index (χ1v) is 10.3. The first kappa shape index (κ1) is 22.0. The van der Waals surface area contributed by atoms with Gasteiger partial charge in [0.25, 0.3) is 11.5 Å². The maximum Gasteiger partial charge on any atom is 0.422 e. The van der Waals surface area contributed by atoms with Gasteiger partial charge in [-0.2, -0.15) is 13.2 Å². The van der Waals surface area contributed by atoms with Crippen LogP contribution in [0.5, 0.6) is 0 Å². The van der Waals surface area contributed by atoms with Gasteiger partial charge in [-0.15, -0.1) is 0 Å². The van der Waals surface area contributed by atoms with Gasteiger partial charge in [-0.1, -0.05) is 0 Å². The molecule has 1 aliphatic rings. The number of fused-ring (bicyclic) bond motifs is 4. The van der Waals surface area contributed by atoms with E-state index in [0.29, 0.717) is 31.7 Å². The van der Waals surface area contributed by atoms with Crippen LogP contribution in [-0.4, -0.2) is 41.9 Å². The molecule has 0 radical (unpaired) electrons. The van der Waals surface area contributed by atoms with E-state index >= 15 is 0 Å². The van der Waals surface area contributed by atoms with Gasteiger partial charge in [0.05, 0.1) is 29.3 Å². The number of aromatic amines is 1. The highest BCUT2D eigenvalue weighted by Gasteiger charge is 2.37. The average molecular weight is 472 g/mol. The van der Waals surface area contributed by atoms with Crippen LogP contribution in [0.1, 0.15) is 33.0 Å². The normalized spacial score (nSPS) is 14.5. The third-order valence-corrected chi connectivity index (χ3v) is 5.92. The molecule has 5 heterocycles. The van der Waals surface area contributed by atoms with Crippen LogP contribution in [-0.2, 0) is 25.8 Å². The number of alkyl halides is 3. The smallest absolute Gasteiger partial charge is 0.325 e. The van der Waals surface area contributed by atoms with E-state index in [1.807, 2.05) is 4.57 Å². The van der Waals surface area contributed by atoms with Gasteiger partial charge in [0, 0.05) is 25.8 Å². The monoisotopic (exact) mass is 472 g/mol. The number of carbonyl (C=O) groups is 1. The van der Waals surface area contributed by atoms with Gasteiger partial charge in [0.15, 0.2) is 0 Å². The van der Waals surface area contributed by atoms with Crippen molar-refractivity contribution in [2.24, 2.45) is 5.84 Å². The highest BCUT2D eigenvalue weighted by molar-refractivity contribution is 5.94. The predicted molar refractivity (Wildman–Crippen MR) is 115 cm³/mol. The third-order valence-electron chi connectivity index (χ3n) is 5.92. The Morgan fingerprint density at radius 2 is 2.03 bits per heavy atom. The molecular formula is C21H19F3N8O2. The lowest BCUT2D eigenvalue weighted by molar-refractivity contribution is -0.139. The predicted octanol–water partition coefficient (Wildman–Crippen LogP) is 1.61. The molecule has 34 heavy (non-hydrogen) atoms. The molecule has 5 rings (SSSR count). The zero-order valence-electron chi connectivity index (χ0n) is 17.9. The number of nitrogens with zero attached hydrogens (tertiary/aromatic N) is 5. The molecule has 176 valence electrons. The maximum atomic E-state index is 13.2. The van der Waals surface area contributed by atoms with Crippen LogP contribution in [0.3, 0.4) is 0 Å². The summed E-state index contributed by atoms with van der Waals surface area (Å²) in [5.41, 5.74) is 2.21. The molecule has 0 spiro atoms. The highest BCUT2D eigenvalue weighted by Crippen LogP contribution is 2.31. The molecule has 13 heteroatoms. The molecule has 4 aromatic heterocycles. The number of aromatic nitrogens is 5. The number of amides is 1. The van der Waals surface area contributed by atoms with Gasteiger partial charge in [-0.05, 0) is 30.2 Å². The van der Waals surface area contributed by atoms with E-state index < -0.39 is 23.2 Å². The van der Waals surface area contributed by atoms with Crippen molar-refractivity contribution >= 4 is 28.0 Å². The molecule has 0 aliphatic carbocycles. The van der Waals surface area contributed by atoms with Crippen molar-refractivity contribution < 1.29 is 18.0 Å².